The van der Waals surface area contributed by atoms with Gasteiger partial charge >= 0.3 is 0 Å². The molecule has 0 saturated carbocycles. The number of carbonyl (C=O) groups is 1. The largest absolute Gasteiger partial charge is 0.304 e. The summed E-state index contributed by atoms with van der Waals surface area (Å²) >= 11 is 3.19. The number of rotatable bonds is 2. The molecule has 0 aromatic carbocycles. The van der Waals surface area contributed by atoms with Gasteiger partial charge in [-0.2, -0.15) is 0 Å². The lowest BCUT2D eigenvalue weighted by Crippen LogP contribution is -2.15. The van der Waals surface area contributed by atoms with Gasteiger partial charge in [0.1, 0.15) is 5.82 Å². The number of carbonyl (C=O) groups excluding carboxylic acids is 1. The molecule has 5 nitrogen and oxygen atoms in total. The van der Waals surface area contributed by atoms with E-state index in [0.717, 1.165) is 4.47 Å². The topological polar surface area (TPSA) is 67.8 Å². The highest BCUT2D eigenvalue weighted by molar-refractivity contribution is 9.10. The molecule has 6 heteroatoms. The first-order chi connectivity index (χ1) is 7.75. The van der Waals surface area contributed by atoms with Crippen molar-refractivity contribution >= 4 is 27.7 Å². The van der Waals surface area contributed by atoms with Crippen LogP contribution in [0.25, 0.3) is 0 Å². The smallest absolute Gasteiger partial charge is 0.294 e. The summed E-state index contributed by atoms with van der Waals surface area (Å²) in [6, 6.07) is 5.24. The van der Waals surface area contributed by atoms with Crippen LogP contribution < -0.4 is 5.32 Å². The molecule has 2 rings (SSSR count). The van der Waals surface area contributed by atoms with Gasteiger partial charge in [0.25, 0.3) is 5.91 Å². The van der Waals surface area contributed by atoms with Gasteiger partial charge < -0.3 is 5.32 Å². The molecule has 2 heterocycles. The zero-order chi connectivity index (χ0) is 11.4. The van der Waals surface area contributed by atoms with Gasteiger partial charge in [0.2, 0.25) is 5.82 Å². The highest BCUT2D eigenvalue weighted by Crippen LogP contribution is 2.06. The summed E-state index contributed by atoms with van der Waals surface area (Å²) in [5, 5.41) is 2.59. The molecule has 0 fully saturated rings. The number of pyridine rings is 1. The van der Waals surface area contributed by atoms with Crippen LogP contribution in [-0.2, 0) is 0 Å². The van der Waals surface area contributed by atoms with Crippen LogP contribution in [0.4, 0.5) is 5.82 Å². The molecule has 0 aliphatic heterocycles. The molecule has 2 aromatic rings. The Morgan fingerprint density at radius 2 is 1.94 bits per heavy atom. The number of hydrogen-bond donors (Lipinski definition) is 1. The van der Waals surface area contributed by atoms with Crippen molar-refractivity contribution in [3.05, 3.63) is 47.1 Å². The highest BCUT2D eigenvalue weighted by atomic mass is 79.9. The van der Waals surface area contributed by atoms with E-state index in [2.05, 4.69) is 36.2 Å². The fourth-order valence-corrected chi connectivity index (χ4v) is 1.24. The molecule has 0 spiro atoms. The summed E-state index contributed by atoms with van der Waals surface area (Å²) in [5.41, 5.74) is 0. The maximum Gasteiger partial charge on any atom is 0.294 e. The van der Waals surface area contributed by atoms with Gasteiger partial charge in [-0.3, -0.25) is 4.79 Å². The average Bonchev–Trinajstić information content (AvgIpc) is 2.31. The standard InChI is InChI=1S/C10H7BrN4O/c11-7-5-13-9(14-6-7)10(16)15-8-3-1-2-4-12-8/h1-6H,(H,12,15,16). The third-order valence-corrected chi connectivity index (χ3v) is 2.14. The Kier molecular flexibility index (Phi) is 3.21. The summed E-state index contributed by atoms with van der Waals surface area (Å²) in [6.45, 7) is 0. The van der Waals surface area contributed by atoms with Crippen LogP contribution in [0.1, 0.15) is 10.6 Å². The van der Waals surface area contributed by atoms with Gasteiger partial charge in [-0.25, -0.2) is 15.0 Å². The van der Waals surface area contributed by atoms with Crippen molar-refractivity contribution in [3.8, 4) is 0 Å². The first-order valence-corrected chi connectivity index (χ1v) is 5.25. The predicted molar refractivity (Wildman–Crippen MR) is 61.9 cm³/mol. The lowest BCUT2D eigenvalue weighted by molar-refractivity contribution is 0.101. The predicted octanol–water partition coefficient (Wildman–Crippen LogP) is 1.89. The van der Waals surface area contributed by atoms with Crippen LogP contribution in [-0.4, -0.2) is 20.9 Å². The maximum atomic E-state index is 11.6. The van der Waals surface area contributed by atoms with Gasteiger partial charge in [0, 0.05) is 18.6 Å². The second-order valence-electron chi connectivity index (χ2n) is 2.89. The van der Waals surface area contributed by atoms with Crippen molar-refractivity contribution in [2.45, 2.75) is 0 Å². The van der Waals surface area contributed by atoms with Crippen molar-refractivity contribution in [3.63, 3.8) is 0 Å². The molecule has 0 radical (unpaired) electrons. The van der Waals surface area contributed by atoms with Crippen molar-refractivity contribution in [2.24, 2.45) is 0 Å². The van der Waals surface area contributed by atoms with Crippen LogP contribution in [0.3, 0.4) is 0 Å². The fourth-order valence-electron chi connectivity index (χ4n) is 1.04. The number of aromatic nitrogens is 3. The van der Waals surface area contributed by atoms with Crippen LogP contribution in [0.5, 0.6) is 0 Å². The van der Waals surface area contributed by atoms with Crippen LogP contribution in [0.15, 0.2) is 41.3 Å². The van der Waals surface area contributed by atoms with Gasteiger partial charge in [-0.15, -0.1) is 0 Å². The van der Waals surface area contributed by atoms with Crippen molar-refractivity contribution in [2.75, 3.05) is 5.32 Å². The second kappa shape index (κ2) is 4.80. The molecule has 0 saturated heterocycles. The summed E-state index contributed by atoms with van der Waals surface area (Å²) in [6.07, 6.45) is 4.62. The average molecular weight is 279 g/mol. The van der Waals surface area contributed by atoms with E-state index in [4.69, 9.17) is 0 Å². The number of anilines is 1. The quantitative estimate of drug-likeness (QED) is 0.911. The minimum absolute atomic E-state index is 0.105. The second-order valence-corrected chi connectivity index (χ2v) is 3.81. The number of nitrogens with one attached hydrogen (secondary N) is 1. The molecule has 1 amide bonds. The van der Waals surface area contributed by atoms with Crippen LogP contribution in [0.2, 0.25) is 0 Å². The monoisotopic (exact) mass is 278 g/mol. The summed E-state index contributed by atoms with van der Waals surface area (Å²) in [4.78, 5) is 23.4. The van der Waals surface area contributed by atoms with E-state index in [0.29, 0.717) is 5.82 Å². The molecule has 16 heavy (non-hydrogen) atoms. The number of amides is 1. The maximum absolute atomic E-state index is 11.6. The van der Waals surface area contributed by atoms with Gasteiger partial charge in [-0.05, 0) is 28.1 Å². The third kappa shape index (κ3) is 2.60. The Morgan fingerprint density at radius 3 is 2.56 bits per heavy atom. The lowest BCUT2D eigenvalue weighted by atomic mass is 10.4. The van der Waals surface area contributed by atoms with Crippen molar-refractivity contribution < 1.29 is 4.79 Å². The Morgan fingerprint density at radius 1 is 1.19 bits per heavy atom. The molecular weight excluding hydrogens is 272 g/mol. The van der Waals surface area contributed by atoms with Crippen molar-refractivity contribution in [1.82, 2.24) is 15.0 Å². The van der Waals surface area contributed by atoms with Gasteiger partial charge in [0.15, 0.2) is 0 Å². The van der Waals surface area contributed by atoms with E-state index in [1.54, 1.807) is 24.4 Å². The Hall–Kier alpha value is -1.82. The lowest BCUT2D eigenvalue weighted by Gasteiger charge is -2.01. The van der Waals surface area contributed by atoms with E-state index in [1.807, 2.05) is 0 Å². The fraction of sp³-hybridized carbons (Fsp3) is 0. The molecule has 0 unspecified atom stereocenters. The number of nitrogens with zero attached hydrogens (tertiary/aromatic N) is 3. The van der Waals surface area contributed by atoms with E-state index in [-0.39, 0.29) is 11.7 Å². The normalized spacial score (nSPS) is 9.81. The molecule has 2 aromatic heterocycles. The Labute approximate surface area is 100 Å². The number of hydrogen-bond acceptors (Lipinski definition) is 4. The van der Waals surface area contributed by atoms with Gasteiger partial charge in [-0.1, -0.05) is 6.07 Å². The minimum Gasteiger partial charge on any atom is -0.304 e. The van der Waals surface area contributed by atoms with Crippen LogP contribution >= 0.6 is 15.9 Å². The minimum atomic E-state index is -0.383. The number of halogens is 1. The summed E-state index contributed by atoms with van der Waals surface area (Å²) in [7, 11) is 0. The molecule has 80 valence electrons. The van der Waals surface area contributed by atoms with Crippen LogP contribution in [0, 0.1) is 0 Å². The van der Waals surface area contributed by atoms with Crippen molar-refractivity contribution in [1.29, 1.82) is 0 Å². The molecule has 0 aliphatic rings. The van der Waals surface area contributed by atoms with E-state index < -0.39 is 0 Å². The molecule has 0 aliphatic carbocycles. The van der Waals surface area contributed by atoms with E-state index in [1.165, 1.54) is 12.4 Å². The van der Waals surface area contributed by atoms with E-state index >= 15 is 0 Å². The first-order valence-electron chi connectivity index (χ1n) is 4.45. The van der Waals surface area contributed by atoms with Gasteiger partial charge in [0.05, 0.1) is 4.47 Å². The highest BCUT2D eigenvalue weighted by Gasteiger charge is 2.08. The Balaban J connectivity index is 2.12. The zero-order valence-electron chi connectivity index (χ0n) is 8.09. The molecule has 0 atom stereocenters. The summed E-state index contributed by atoms with van der Waals surface area (Å²) < 4.78 is 0.724. The zero-order valence-corrected chi connectivity index (χ0v) is 9.68. The molecule has 1 N–H and O–H groups in total. The summed E-state index contributed by atoms with van der Waals surface area (Å²) in [5.74, 6) is 0.194. The first kappa shape index (κ1) is 10.7. The SMILES string of the molecule is O=C(Nc1ccccn1)c1ncc(Br)cn1. The van der Waals surface area contributed by atoms with E-state index in [9.17, 15) is 4.79 Å². The Bertz CT molecular complexity index is 486. The molecule has 0 bridgehead atoms. The molecular formula is C10H7BrN4O. The third-order valence-electron chi connectivity index (χ3n) is 1.73.